The van der Waals surface area contributed by atoms with Gasteiger partial charge in [-0.05, 0) is 49.2 Å². The van der Waals surface area contributed by atoms with Crippen LogP contribution >= 0.6 is 0 Å². The van der Waals surface area contributed by atoms with Gasteiger partial charge in [-0.3, -0.25) is 19.7 Å². The number of nitro benzene ring substituents is 1. The molecule has 1 heterocycles. The minimum Gasteiger partial charge on any atom is -0.497 e. The smallest absolute Gasteiger partial charge is 0.284 e. The van der Waals surface area contributed by atoms with Gasteiger partial charge >= 0.3 is 0 Å². The zero-order valence-electron chi connectivity index (χ0n) is 19.8. The lowest BCUT2D eigenvalue weighted by molar-refractivity contribution is -0.384. The Bertz CT molecular complexity index is 1250. The number of carbonyl (C=O) groups excluding carboxylic acids is 2. The maximum absolute atomic E-state index is 12.6. The standard InChI is InChI=1S/C25H26N4O6/c1-15(2)23(27-24(30)17-7-5-16(3)6-8-17)25(31)28-26-14-19-10-12-22(35-19)20-11-9-18(34-4)13-21(20)29(32)33/h5-15,23H,1-4H3,(H,27,30)(H,28,31). The summed E-state index contributed by atoms with van der Waals surface area (Å²) < 4.78 is 10.7. The first-order valence-electron chi connectivity index (χ1n) is 10.8. The Balaban J connectivity index is 1.67. The molecule has 0 spiro atoms. The molecule has 10 heteroatoms. The van der Waals surface area contributed by atoms with Gasteiger partial charge in [-0.15, -0.1) is 0 Å². The fraction of sp³-hybridized carbons (Fsp3) is 0.240. The molecule has 0 aliphatic carbocycles. The van der Waals surface area contributed by atoms with E-state index in [1.54, 1.807) is 30.3 Å². The van der Waals surface area contributed by atoms with Crippen LogP contribution in [0.15, 0.2) is 64.1 Å². The molecule has 0 fully saturated rings. The van der Waals surface area contributed by atoms with E-state index in [0.29, 0.717) is 11.3 Å². The predicted molar refractivity (Wildman–Crippen MR) is 130 cm³/mol. The van der Waals surface area contributed by atoms with Crippen LogP contribution in [-0.2, 0) is 4.79 Å². The van der Waals surface area contributed by atoms with Crippen LogP contribution in [0.25, 0.3) is 11.3 Å². The molecule has 2 N–H and O–H groups in total. The number of benzene rings is 2. The molecule has 182 valence electrons. The number of aryl methyl sites for hydroxylation is 1. The first-order valence-corrected chi connectivity index (χ1v) is 10.8. The number of furan rings is 1. The number of hydrogen-bond acceptors (Lipinski definition) is 7. The zero-order valence-corrected chi connectivity index (χ0v) is 19.8. The number of nitro groups is 1. The average molecular weight is 479 g/mol. The summed E-state index contributed by atoms with van der Waals surface area (Å²) >= 11 is 0. The molecule has 2 amide bonds. The van der Waals surface area contributed by atoms with Gasteiger partial charge in [0, 0.05) is 5.56 Å². The van der Waals surface area contributed by atoms with E-state index in [1.165, 1.54) is 25.5 Å². The summed E-state index contributed by atoms with van der Waals surface area (Å²) in [6.07, 6.45) is 1.27. The fourth-order valence-corrected chi connectivity index (χ4v) is 3.26. The Morgan fingerprint density at radius 3 is 2.46 bits per heavy atom. The van der Waals surface area contributed by atoms with Crippen molar-refractivity contribution in [3.63, 3.8) is 0 Å². The van der Waals surface area contributed by atoms with Crippen molar-refractivity contribution in [3.8, 4) is 17.1 Å². The lowest BCUT2D eigenvalue weighted by atomic mass is 10.0. The number of nitrogens with one attached hydrogen (secondary N) is 2. The summed E-state index contributed by atoms with van der Waals surface area (Å²) in [5.74, 6) is -0.155. The van der Waals surface area contributed by atoms with E-state index in [9.17, 15) is 19.7 Å². The number of carbonyl (C=O) groups is 2. The number of nitrogens with zero attached hydrogens (tertiary/aromatic N) is 2. The molecule has 3 rings (SSSR count). The van der Waals surface area contributed by atoms with E-state index in [2.05, 4.69) is 15.8 Å². The molecule has 0 radical (unpaired) electrons. The lowest BCUT2D eigenvalue weighted by Gasteiger charge is -2.20. The average Bonchev–Trinajstić information content (AvgIpc) is 3.30. The number of methoxy groups -OCH3 is 1. The van der Waals surface area contributed by atoms with Gasteiger partial charge < -0.3 is 14.5 Å². The minimum absolute atomic E-state index is 0.167. The Hall–Kier alpha value is -4.47. The highest BCUT2D eigenvalue weighted by Crippen LogP contribution is 2.33. The molecule has 10 nitrogen and oxygen atoms in total. The molecule has 35 heavy (non-hydrogen) atoms. The quantitative estimate of drug-likeness (QED) is 0.270. The molecule has 1 atom stereocenters. The second-order valence-corrected chi connectivity index (χ2v) is 8.14. The largest absolute Gasteiger partial charge is 0.497 e. The Kier molecular flexibility index (Phi) is 7.98. The Morgan fingerprint density at radius 2 is 1.83 bits per heavy atom. The third kappa shape index (κ3) is 6.32. The second-order valence-electron chi connectivity index (χ2n) is 8.14. The molecule has 2 aromatic carbocycles. The van der Waals surface area contributed by atoms with Gasteiger partial charge in [0.1, 0.15) is 23.3 Å². The van der Waals surface area contributed by atoms with Crippen molar-refractivity contribution in [2.24, 2.45) is 11.0 Å². The van der Waals surface area contributed by atoms with E-state index < -0.39 is 16.9 Å². The molecule has 0 saturated carbocycles. The predicted octanol–water partition coefficient (Wildman–Crippen LogP) is 4.08. The third-order valence-electron chi connectivity index (χ3n) is 5.21. The molecule has 0 aliphatic rings. The van der Waals surface area contributed by atoms with Crippen LogP contribution in [-0.4, -0.2) is 36.1 Å². The third-order valence-corrected chi connectivity index (χ3v) is 5.21. The summed E-state index contributed by atoms with van der Waals surface area (Å²) in [5.41, 5.74) is 3.99. The van der Waals surface area contributed by atoms with Gasteiger partial charge in [0.05, 0.1) is 29.9 Å². The van der Waals surface area contributed by atoms with E-state index in [-0.39, 0.29) is 34.6 Å². The van der Waals surface area contributed by atoms with Crippen molar-refractivity contribution < 1.29 is 23.7 Å². The van der Waals surface area contributed by atoms with Crippen LogP contribution in [0.1, 0.15) is 35.5 Å². The molecular formula is C25H26N4O6. The highest BCUT2D eigenvalue weighted by Gasteiger charge is 2.24. The topological polar surface area (TPSA) is 136 Å². The van der Waals surface area contributed by atoms with Crippen molar-refractivity contribution in [2.75, 3.05) is 7.11 Å². The van der Waals surface area contributed by atoms with Gasteiger partial charge in [-0.25, -0.2) is 5.43 Å². The number of hydrogen-bond donors (Lipinski definition) is 2. The van der Waals surface area contributed by atoms with E-state index in [0.717, 1.165) is 5.56 Å². The van der Waals surface area contributed by atoms with Crippen LogP contribution in [0.3, 0.4) is 0 Å². The van der Waals surface area contributed by atoms with Crippen molar-refractivity contribution in [1.82, 2.24) is 10.7 Å². The van der Waals surface area contributed by atoms with Crippen LogP contribution in [0.5, 0.6) is 5.75 Å². The number of hydrazone groups is 1. The van der Waals surface area contributed by atoms with Gasteiger partial charge in [-0.2, -0.15) is 5.10 Å². The summed E-state index contributed by atoms with van der Waals surface area (Å²) in [6.45, 7) is 5.54. The van der Waals surface area contributed by atoms with Crippen molar-refractivity contribution >= 4 is 23.7 Å². The number of ether oxygens (including phenoxy) is 1. The van der Waals surface area contributed by atoms with Gasteiger partial charge in [0.2, 0.25) is 0 Å². The molecule has 0 aliphatic heterocycles. The van der Waals surface area contributed by atoms with E-state index in [4.69, 9.17) is 9.15 Å². The van der Waals surface area contributed by atoms with E-state index in [1.807, 2.05) is 32.9 Å². The highest BCUT2D eigenvalue weighted by atomic mass is 16.6. The van der Waals surface area contributed by atoms with Crippen LogP contribution < -0.4 is 15.5 Å². The molecule has 0 saturated heterocycles. The number of rotatable bonds is 9. The summed E-state index contributed by atoms with van der Waals surface area (Å²) in [7, 11) is 1.42. The Labute approximate surface area is 202 Å². The highest BCUT2D eigenvalue weighted by molar-refractivity contribution is 5.97. The zero-order chi connectivity index (χ0) is 25.5. The molecule has 1 aromatic heterocycles. The Morgan fingerprint density at radius 1 is 1.11 bits per heavy atom. The maximum atomic E-state index is 12.6. The van der Waals surface area contributed by atoms with Gasteiger partial charge in [0.25, 0.3) is 17.5 Å². The second kappa shape index (κ2) is 11.1. The molecule has 1 unspecified atom stereocenters. The SMILES string of the molecule is COc1ccc(-c2ccc(C=NNC(=O)C(NC(=O)c3ccc(C)cc3)C(C)C)o2)c([N+](=O)[O-])c1. The molecule has 3 aromatic rings. The molecule has 0 bridgehead atoms. The van der Waals surface area contributed by atoms with Crippen molar-refractivity contribution in [3.05, 3.63) is 81.6 Å². The lowest BCUT2D eigenvalue weighted by Crippen LogP contribution is -2.48. The maximum Gasteiger partial charge on any atom is 0.284 e. The van der Waals surface area contributed by atoms with Crippen molar-refractivity contribution in [2.45, 2.75) is 26.8 Å². The van der Waals surface area contributed by atoms with Crippen molar-refractivity contribution in [1.29, 1.82) is 0 Å². The summed E-state index contributed by atoms with van der Waals surface area (Å²) in [5, 5.41) is 18.1. The summed E-state index contributed by atoms with van der Waals surface area (Å²) in [6, 6.07) is 13.8. The van der Waals surface area contributed by atoms with Crippen LogP contribution in [0, 0.1) is 23.0 Å². The van der Waals surface area contributed by atoms with E-state index >= 15 is 0 Å². The van der Waals surface area contributed by atoms with Crippen LogP contribution in [0.4, 0.5) is 5.69 Å². The minimum atomic E-state index is -0.810. The van der Waals surface area contributed by atoms with Crippen LogP contribution in [0.2, 0.25) is 0 Å². The normalized spacial score (nSPS) is 11.9. The van der Waals surface area contributed by atoms with Gasteiger partial charge in [0.15, 0.2) is 0 Å². The number of amides is 2. The summed E-state index contributed by atoms with van der Waals surface area (Å²) in [4.78, 5) is 36.1. The fourth-order valence-electron chi connectivity index (χ4n) is 3.26. The molecular weight excluding hydrogens is 452 g/mol. The monoisotopic (exact) mass is 478 g/mol. The first-order chi connectivity index (χ1) is 16.7. The van der Waals surface area contributed by atoms with Gasteiger partial charge in [-0.1, -0.05) is 31.5 Å². The first kappa shape index (κ1) is 25.2.